The Hall–Kier alpha value is -1.28. The molecule has 0 spiro atoms. The van der Waals surface area contributed by atoms with Gasteiger partial charge in [-0.2, -0.15) is 5.10 Å². The van der Waals surface area contributed by atoms with Gasteiger partial charge in [0.1, 0.15) is 0 Å². The fourth-order valence-electron chi connectivity index (χ4n) is 1.54. The average Bonchev–Trinajstić information content (AvgIpc) is 2.60. The maximum absolute atomic E-state index is 5.80. The number of aromatic nitrogens is 2. The second-order valence-electron chi connectivity index (χ2n) is 3.56. The average molecular weight is 221 g/mol. The van der Waals surface area contributed by atoms with Crippen LogP contribution in [0, 0.1) is 6.92 Å². The molecule has 0 bridgehead atoms. The molecule has 0 amide bonds. The smallest absolute Gasteiger partial charge is 0.0659 e. The van der Waals surface area contributed by atoms with Crippen LogP contribution in [0.15, 0.2) is 36.5 Å². The zero-order chi connectivity index (χ0) is 10.7. The molecule has 1 aromatic heterocycles. The summed E-state index contributed by atoms with van der Waals surface area (Å²) >= 11 is 5.80. The summed E-state index contributed by atoms with van der Waals surface area (Å²) in [7, 11) is 0. The normalized spacial score (nSPS) is 10.5. The third-order valence-corrected chi connectivity index (χ3v) is 2.67. The van der Waals surface area contributed by atoms with Crippen LogP contribution in [0.3, 0.4) is 0 Å². The standard InChI is InChI=1S/C12H13ClN2/c1-10-12(7-13)9-15(14-10)8-11-5-3-2-4-6-11/h2-6,9H,7-8H2,1H3. The summed E-state index contributed by atoms with van der Waals surface area (Å²) in [4.78, 5) is 0. The minimum Gasteiger partial charge on any atom is -0.268 e. The van der Waals surface area contributed by atoms with Crippen molar-refractivity contribution in [3.63, 3.8) is 0 Å². The van der Waals surface area contributed by atoms with E-state index in [0.29, 0.717) is 5.88 Å². The zero-order valence-corrected chi connectivity index (χ0v) is 9.41. The largest absolute Gasteiger partial charge is 0.268 e. The number of rotatable bonds is 3. The van der Waals surface area contributed by atoms with E-state index in [1.54, 1.807) is 0 Å². The maximum Gasteiger partial charge on any atom is 0.0659 e. The van der Waals surface area contributed by atoms with Gasteiger partial charge < -0.3 is 0 Å². The predicted molar refractivity (Wildman–Crippen MR) is 62.1 cm³/mol. The van der Waals surface area contributed by atoms with Crippen LogP contribution in [-0.2, 0) is 12.4 Å². The molecule has 1 heterocycles. The van der Waals surface area contributed by atoms with Crippen molar-refractivity contribution < 1.29 is 0 Å². The van der Waals surface area contributed by atoms with Gasteiger partial charge in [0.2, 0.25) is 0 Å². The number of nitrogens with zero attached hydrogens (tertiary/aromatic N) is 2. The SMILES string of the molecule is Cc1nn(Cc2ccccc2)cc1CCl. The summed E-state index contributed by atoms with van der Waals surface area (Å²) in [6.45, 7) is 2.79. The fraction of sp³-hybridized carbons (Fsp3) is 0.250. The van der Waals surface area contributed by atoms with E-state index in [1.807, 2.05) is 36.0 Å². The van der Waals surface area contributed by atoms with E-state index in [4.69, 9.17) is 11.6 Å². The third-order valence-electron chi connectivity index (χ3n) is 2.38. The van der Waals surface area contributed by atoms with Crippen LogP contribution >= 0.6 is 11.6 Å². The van der Waals surface area contributed by atoms with Gasteiger partial charge >= 0.3 is 0 Å². The van der Waals surface area contributed by atoms with Crippen molar-refractivity contribution in [2.24, 2.45) is 0 Å². The van der Waals surface area contributed by atoms with Crippen LogP contribution in [0.2, 0.25) is 0 Å². The lowest BCUT2D eigenvalue weighted by Crippen LogP contribution is -1.99. The predicted octanol–water partition coefficient (Wildman–Crippen LogP) is 2.98. The van der Waals surface area contributed by atoms with E-state index in [1.165, 1.54) is 5.56 Å². The molecule has 2 nitrogen and oxygen atoms in total. The number of aryl methyl sites for hydroxylation is 1. The first-order chi connectivity index (χ1) is 7.29. The van der Waals surface area contributed by atoms with Crippen LogP contribution in [-0.4, -0.2) is 9.78 Å². The Morgan fingerprint density at radius 2 is 2.00 bits per heavy atom. The molecule has 15 heavy (non-hydrogen) atoms. The molecule has 0 aliphatic carbocycles. The molecular weight excluding hydrogens is 208 g/mol. The van der Waals surface area contributed by atoms with Gasteiger partial charge in [0, 0.05) is 11.8 Å². The summed E-state index contributed by atoms with van der Waals surface area (Å²) in [6.07, 6.45) is 2.01. The van der Waals surface area contributed by atoms with Crippen molar-refractivity contribution >= 4 is 11.6 Å². The summed E-state index contributed by atoms with van der Waals surface area (Å²) in [5.41, 5.74) is 3.37. The van der Waals surface area contributed by atoms with Crippen molar-refractivity contribution in [2.75, 3.05) is 0 Å². The molecule has 0 saturated heterocycles. The van der Waals surface area contributed by atoms with E-state index in [9.17, 15) is 0 Å². The summed E-state index contributed by atoms with van der Waals surface area (Å²) in [5, 5.41) is 4.41. The second-order valence-corrected chi connectivity index (χ2v) is 3.82. The lowest BCUT2D eigenvalue weighted by molar-refractivity contribution is 0.679. The van der Waals surface area contributed by atoms with Crippen molar-refractivity contribution in [1.82, 2.24) is 9.78 Å². The van der Waals surface area contributed by atoms with Gasteiger partial charge in [-0.05, 0) is 12.5 Å². The molecule has 0 atom stereocenters. The van der Waals surface area contributed by atoms with Crippen molar-refractivity contribution in [1.29, 1.82) is 0 Å². The Bertz CT molecular complexity index is 434. The molecule has 78 valence electrons. The monoisotopic (exact) mass is 220 g/mol. The molecule has 0 fully saturated rings. The highest BCUT2D eigenvalue weighted by Crippen LogP contribution is 2.10. The minimum absolute atomic E-state index is 0.528. The lowest BCUT2D eigenvalue weighted by atomic mass is 10.2. The van der Waals surface area contributed by atoms with Gasteiger partial charge in [-0.25, -0.2) is 0 Å². The fourth-order valence-corrected chi connectivity index (χ4v) is 1.80. The summed E-state index contributed by atoms with van der Waals surface area (Å²) in [5.74, 6) is 0.528. The molecule has 0 aliphatic rings. The molecule has 3 heteroatoms. The first kappa shape index (κ1) is 10.2. The van der Waals surface area contributed by atoms with Crippen molar-refractivity contribution in [3.05, 3.63) is 53.3 Å². The molecule has 2 aromatic rings. The summed E-state index contributed by atoms with van der Waals surface area (Å²) in [6, 6.07) is 10.3. The Labute approximate surface area is 94.5 Å². The minimum atomic E-state index is 0.528. The number of hydrogen-bond acceptors (Lipinski definition) is 1. The van der Waals surface area contributed by atoms with E-state index in [2.05, 4.69) is 17.2 Å². The van der Waals surface area contributed by atoms with Crippen LogP contribution in [0.25, 0.3) is 0 Å². The van der Waals surface area contributed by atoms with E-state index >= 15 is 0 Å². The van der Waals surface area contributed by atoms with Crippen LogP contribution in [0.4, 0.5) is 0 Å². The van der Waals surface area contributed by atoms with Crippen LogP contribution in [0.5, 0.6) is 0 Å². The van der Waals surface area contributed by atoms with Gasteiger partial charge in [-0.3, -0.25) is 4.68 Å². The molecule has 1 aromatic carbocycles. The molecule has 0 radical (unpaired) electrons. The van der Waals surface area contributed by atoms with Gasteiger partial charge in [0.05, 0.1) is 18.1 Å². The van der Waals surface area contributed by atoms with Crippen molar-refractivity contribution in [2.45, 2.75) is 19.3 Å². The molecule has 0 N–H and O–H groups in total. The van der Waals surface area contributed by atoms with E-state index < -0.39 is 0 Å². The van der Waals surface area contributed by atoms with E-state index in [0.717, 1.165) is 17.8 Å². The first-order valence-corrected chi connectivity index (χ1v) is 5.46. The maximum atomic E-state index is 5.80. The second kappa shape index (κ2) is 4.49. The Morgan fingerprint density at radius 3 is 2.60 bits per heavy atom. The highest BCUT2D eigenvalue weighted by Gasteiger charge is 2.03. The van der Waals surface area contributed by atoms with Crippen LogP contribution < -0.4 is 0 Å². The van der Waals surface area contributed by atoms with Crippen molar-refractivity contribution in [3.8, 4) is 0 Å². The van der Waals surface area contributed by atoms with Crippen LogP contribution in [0.1, 0.15) is 16.8 Å². The Kier molecular flexibility index (Phi) is 3.07. The molecule has 0 unspecified atom stereocenters. The first-order valence-electron chi connectivity index (χ1n) is 4.92. The topological polar surface area (TPSA) is 17.8 Å². The number of hydrogen-bond donors (Lipinski definition) is 0. The third kappa shape index (κ3) is 2.39. The Morgan fingerprint density at radius 1 is 1.27 bits per heavy atom. The quantitative estimate of drug-likeness (QED) is 0.728. The highest BCUT2D eigenvalue weighted by atomic mass is 35.5. The molecule has 0 saturated carbocycles. The van der Waals surface area contributed by atoms with Gasteiger partial charge in [0.25, 0.3) is 0 Å². The molecule has 0 aliphatic heterocycles. The lowest BCUT2D eigenvalue weighted by Gasteiger charge is -2.00. The van der Waals surface area contributed by atoms with Gasteiger partial charge in [-0.15, -0.1) is 11.6 Å². The number of benzene rings is 1. The van der Waals surface area contributed by atoms with Gasteiger partial charge in [-0.1, -0.05) is 30.3 Å². The van der Waals surface area contributed by atoms with Gasteiger partial charge in [0.15, 0.2) is 0 Å². The number of halogens is 1. The van der Waals surface area contributed by atoms with E-state index in [-0.39, 0.29) is 0 Å². The highest BCUT2D eigenvalue weighted by molar-refractivity contribution is 6.17. The number of alkyl halides is 1. The zero-order valence-electron chi connectivity index (χ0n) is 8.65. The molecule has 2 rings (SSSR count). The Balaban J connectivity index is 2.18. The summed E-state index contributed by atoms with van der Waals surface area (Å²) < 4.78 is 1.93. The molecular formula is C12H13ClN2.